The molecule has 2 heterocycles. The molecule has 1 aliphatic carbocycles. The highest BCUT2D eigenvalue weighted by Crippen LogP contribution is 2.50. The third kappa shape index (κ3) is 2.89. The molecule has 2 fully saturated rings. The van der Waals surface area contributed by atoms with E-state index in [1.165, 1.54) is 0 Å². The van der Waals surface area contributed by atoms with Crippen LogP contribution in [0.15, 0.2) is 60.8 Å². The molecule has 0 radical (unpaired) electrons. The number of aromatic nitrogens is 1. The summed E-state index contributed by atoms with van der Waals surface area (Å²) in [5.41, 5.74) is -0.950. The van der Waals surface area contributed by atoms with Gasteiger partial charge in [0.05, 0.1) is 19.0 Å². The Labute approximate surface area is 181 Å². The number of amides is 1. The molecule has 5 rings (SSSR count). The first kappa shape index (κ1) is 19.8. The van der Waals surface area contributed by atoms with Gasteiger partial charge in [0.25, 0.3) is 5.91 Å². The highest BCUT2D eigenvalue weighted by atomic mass is 16.5. The molecule has 1 saturated heterocycles. The van der Waals surface area contributed by atoms with Crippen LogP contribution in [0.25, 0.3) is 10.9 Å². The van der Waals surface area contributed by atoms with E-state index in [9.17, 15) is 14.7 Å². The molecule has 1 amide bonds. The zero-order valence-electron chi connectivity index (χ0n) is 17.6. The van der Waals surface area contributed by atoms with Crippen LogP contribution in [-0.2, 0) is 11.3 Å². The zero-order valence-corrected chi connectivity index (χ0v) is 17.6. The summed E-state index contributed by atoms with van der Waals surface area (Å²) in [7, 11) is 1.61. The van der Waals surface area contributed by atoms with Crippen LogP contribution in [0.5, 0.6) is 5.75 Å². The molecule has 1 N–H and O–H groups in total. The van der Waals surface area contributed by atoms with Gasteiger partial charge < -0.3 is 14.7 Å². The third-order valence-corrected chi connectivity index (χ3v) is 7.03. The number of para-hydroxylation sites is 1. The monoisotopic (exact) mass is 418 g/mol. The fourth-order valence-corrected chi connectivity index (χ4v) is 5.43. The number of aliphatic hydroxyl groups is 1. The van der Waals surface area contributed by atoms with E-state index in [0.717, 1.165) is 35.1 Å². The maximum atomic E-state index is 14.1. The van der Waals surface area contributed by atoms with Crippen LogP contribution in [0.2, 0.25) is 0 Å². The number of likely N-dealkylation sites (tertiary alicyclic amines) is 1. The third-order valence-electron chi connectivity index (χ3n) is 7.03. The van der Waals surface area contributed by atoms with Crippen molar-refractivity contribution >= 4 is 22.7 Å². The number of ether oxygens (including phenoxy) is 1. The molecule has 160 valence electrons. The Morgan fingerprint density at radius 3 is 2.58 bits per heavy atom. The second-order valence-electron chi connectivity index (χ2n) is 8.65. The molecule has 6 heteroatoms. The fraction of sp³-hybridized carbons (Fsp3) is 0.360. The lowest BCUT2D eigenvalue weighted by Gasteiger charge is -2.48. The standard InChI is InChI=1S/C25H26N2O4/c1-31-20-10-8-18(9-11-20)17-27-22(28)16-24(30)13-4-5-14-25(24,27)23(29)26-15-12-19-6-2-3-7-21(19)26/h2-3,6-12,15,30H,4-5,13-14,16-17H2,1H3/t24-,25-/m0/s1. The molecule has 0 spiro atoms. The molecule has 1 saturated carbocycles. The number of hydrogen-bond acceptors (Lipinski definition) is 4. The van der Waals surface area contributed by atoms with Crippen molar-refractivity contribution in [3.63, 3.8) is 0 Å². The van der Waals surface area contributed by atoms with E-state index >= 15 is 0 Å². The van der Waals surface area contributed by atoms with Gasteiger partial charge in [0.2, 0.25) is 5.91 Å². The smallest absolute Gasteiger partial charge is 0.260 e. The van der Waals surface area contributed by atoms with Gasteiger partial charge in [-0.2, -0.15) is 0 Å². The number of methoxy groups -OCH3 is 1. The molecule has 6 nitrogen and oxygen atoms in total. The van der Waals surface area contributed by atoms with Gasteiger partial charge in [0.15, 0.2) is 5.54 Å². The first-order valence-electron chi connectivity index (χ1n) is 10.8. The van der Waals surface area contributed by atoms with Crippen molar-refractivity contribution in [1.82, 2.24) is 9.47 Å². The van der Waals surface area contributed by atoms with E-state index in [0.29, 0.717) is 12.8 Å². The minimum atomic E-state index is -1.36. The second-order valence-corrected chi connectivity index (χ2v) is 8.65. The largest absolute Gasteiger partial charge is 0.497 e. The number of carbonyl (C=O) groups excluding carboxylic acids is 2. The number of hydrogen-bond donors (Lipinski definition) is 1. The Bertz CT molecular complexity index is 1150. The summed E-state index contributed by atoms with van der Waals surface area (Å²) >= 11 is 0. The molecule has 31 heavy (non-hydrogen) atoms. The number of rotatable bonds is 4. The molecule has 1 aliphatic heterocycles. The SMILES string of the molecule is COc1ccc(CN2C(=O)C[C@@]3(O)CCCC[C@@]23C(=O)n2ccc3ccccc32)cc1. The summed E-state index contributed by atoms with van der Waals surface area (Å²) in [5.74, 6) is 0.329. The summed E-state index contributed by atoms with van der Waals surface area (Å²) in [5, 5.41) is 12.6. The Morgan fingerprint density at radius 1 is 1.06 bits per heavy atom. The number of nitrogens with zero attached hydrogens (tertiary/aromatic N) is 2. The highest BCUT2D eigenvalue weighted by molar-refractivity contribution is 6.02. The number of carbonyl (C=O) groups is 2. The second kappa shape index (κ2) is 7.24. The van der Waals surface area contributed by atoms with Crippen LogP contribution in [-0.4, -0.2) is 44.6 Å². The predicted molar refractivity (Wildman–Crippen MR) is 117 cm³/mol. The molecular formula is C25H26N2O4. The Morgan fingerprint density at radius 2 is 1.81 bits per heavy atom. The van der Waals surface area contributed by atoms with Gasteiger partial charge in [-0.25, -0.2) is 0 Å². The molecule has 0 unspecified atom stereocenters. The normalized spacial score (nSPS) is 25.6. The Balaban J connectivity index is 1.61. The van der Waals surface area contributed by atoms with Crippen molar-refractivity contribution in [2.24, 2.45) is 0 Å². The van der Waals surface area contributed by atoms with E-state index < -0.39 is 11.1 Å². The van der Waals surface area contributed by atoms with Gasteiger partial charge in [-0.05, 0) is 42.7 Å². The highest BCUT2D eigenvalue weighted by Gasteiger charge is 2.67. The van der Waals surface area contributed by atoms with Crippen LogP contribution in [0.1, 0.15) is 42.5 Å². The average molecular weight is 418 g/mol. The van der Waals surface area contributed by atoms with Gasteiger partial charge in [-0.3, -0.25) is 14.2 Å². The van der Waals surface area contributed by atoms with Gasteiger partial charge in [0.1, 0.15) is 11.4 Å². The van der Waals surface area contributed by atoms with Crippen LogP contribution in [0, 0.1) is 0 Å². The van der Waals surface area contributed by atoms with E-state index in [2.05, 4.69) is 0 Å². The van der Waals surface area contributed by atoms with Crippen molar-refractivity contribution < 1.29 is 19.4 Å². The first-order valence-corrected chi connectivity index (χ1v) is 10.8. The van der Waals surface area contributed by atoms with E-state index in [-0.39, 0.29) is 24.8 Å². The van der Waals surface area contributed by atoms with Crippen LogP contribution >= 0.6 is 0 Å². The zero-order chi connectivity index (χ0) is 21.6. The minimum absolute atomic E-state index is 0.0197. The summed E-state index contributed by atoms with van der Waals surface area (Å²) in [6.07, 6.45) is 4.24. The van der Waals surface area contributed by atoms with Crippen LogP contribution in [0.3, 0.4) is 0 Å². The Kier molecular flexibility index (Phi) is 4.63. The van der Waals surface area contributed by atoms with Crippen molar-refractivity contribution in [1.29, 1.82) is 0 Å². The summed E-state index contributed by atoms with van der Waals surface area (Å²) in [6, 6.07) is 17.1. The molecule has 0 bridgehead atoms. The number of benzene rings is 2. The fourth-order valence-electron chi connectivity index (χ4n) is 5.43. The van der Waals surface area contributed by atoms with E-state index in [1.54, 1.807) is 22.8 Å². The van der Waals surface area contributed by atoms with Gasteiger partial charge in [0, 0.05) is 18.1 Å². The summed E-state index contributed by atoms with van der Waals surface area (Å²) in [6.45, 7) is 0.274. The quantitative estimate of drug-likeness (QED) is 0.700. The Hall–Kier alpha value is -3.12. The van der Waals surface area contributed by atoms with E-state index in [4.69, 9.17) is 4.74 Å². The summed E-state index contributed by atoms with van der Waals surface area (Å²) in [4.78, 5) is 28.9. The first-order chi connectivity index (χ1) is 15.0. The van der Waals surface area contributed by atoms with Gasteiger partial charge in [-0.1, -0.05) is 43.2 Å². The molecule has 1 aromatic heterocycles. The molecular weight excluding hydrogens is 392 g/mol. The van der Waals surface area contributed by atoms with Crippen LogP contribution < -0.4 is 4.74 Å². The van der Waals surface area contributed by atoms with Gasteiger partial charge >= 0.3 is 0 Å². The molecule has 2 aromatic carbocycles. The lowest BCUT2D eigenvalue weighted by Crippen LogP contribution is -2.65. The van der Waals surface area contributed by atoms with Crippen molar-refractivity contribution in [3.05, 3.63) is 66.4 Å². The van der Waals surface area contributed by atoms with Gasteiger partial charge in [-0.15, -0.1) is 0 Å². The van der Waals surface area contributed by atoms with Crippen LogP contribution in [0.4, 0.5) is 0 Å². The van der Waals surface area contributed by atoms with Crippen molar-refractivity contribution in [2.75, 3.05) is 7.11 Å². The van der Waals surface area contributed by atoms with Crippen molar-refractivity contribution in [2.45, 2.75) is 49.8 Å². The lowest BCUT2D eigenvalue weighted by atomic mass is 9.69. The maximum Gasteiger partial charge on any atom is 0.260 e. The van der Waals surface area contributed by atoms with E-state index in [1.807, 2.05) is 54.6 Å². The number of fused-ring (bicyclic) bond motifs is 2. The predicted octanol–water partition coefficient (Wildman–Crippen LogP) is 3.77. The topological polar surface area (TPSA) is 71.8 Å². The maximum absolute atomic E-state index is 14.1. The lowest BCUT2D eigenvalue weighted by molar-refractivity contribution is -0.132. The van der Waals surface area contributed by atoms with Crippen molar-refractivity contribution in [3.8, 4) is 5.75 Å². The molecule has 3 aromatic rings. The average Bonchev–Trinajstić information content (AvgIpc) is 3.31. The summed E-state index contributed by atoms with van der Waals surface area (Å²) < 4.78 is 6.85. The molecule has 2 aliphatic rings. The minimum Gasteiger partial charge on any atom is -0.497 e. The molecule has 2 atom stereocenters.